The lowest BCUT2D eigenvalue weighted by atomic mass is 9.95. The van der Waals surface area contributed by atoms with Crippen LogP contribution in [0.25, 0.3) is 10.2 Å². The lowest BCUT2D eigenvalue weighted by molar-refractivity contribution is -0.137. The number of nitrogens with zero attached hydrogens (tertiary/aromatic N) is 3. The van der Waals surface area contributed by atoms with Gasteiger partial charge in [-0.1, -0.05) is 12.1 Å². The maximum Gasteiger partial charge on any atom is 0.253 e. The minimum Gasteiger partial charge on any atom is -0.338 e. The van der Waals surface area contributed by atoms with E-state index in [4.69, 9.17) is 4.98 Å². The van der Waals surface area contributed by atoms with Crippen LogP contribution >= 0.6 is 11.3 Å². The SMILES string of the molecule is O=C(c1ccc(F)cc1)N1CCCC(C(=O)N2CCCC2c2nc3ccccc3s2)C1. The third kappa shape index (κ3) is 3.94. The van der Waals surface area contributed by atoms with Crippen molar-refractivity contribution in [2.24, 2.45) is 5.92 Å². The van der Waals surface area contributed by atoms with Crippen LogP contribution in [0.1, 0.15) is 47.1 Å². The zero-order chi connectivity index (χ0) is 21.4. The summed E-state index contributed by atoms with van der Waals surface area (Å²) in [5, 5.41) is 1.00. The van der Waals surface area contributed by atoms with Gasteiger partial charge in [-0.15, -0.1) is 11.3 Å². The van der Waals surface area contributed by atoms with Crippen LogP contribution in [0.4, 0.5) is 4.39 Å². The number of fused-ring (bicyclic) bond motifs is 1. The van der Waals surface area contributed by atoms with Gasteiger partial charge in [0.15, 0.2) is 0 Å². The summed E-state index contributed by atoms with van der Waals surface area (Å²) in [6.07, 6.45) is 3.48. The number of thiazole rings is 1. The molecule has 2 unspecified atom stereocenters. The Kier molecular flexibility index (Phi) is 5.44. The summed E-state index contributed by atoms with van der Waals surface area (Å²) in [6, 6.07) is 13.7. The molecule has 2 fully saturated rings. The summed E-state index contributed by atoms with van der Waals surface area (Å²) in [5.41, 5.74) is 1.44. The molecule has 160 valence electrons. The van der Waals surface area contributed by atoms with Crippen LogP contribution < -0.4 is 0 Å². The molecule has 5 nitrogen and oxygen atoms in total. The van der Waals surface area contributed by atoms with E-state index in [9.17, 15) is 14.0 Å². The Morgan fingerprint density at radius 3 is 2.58 bits per heavy atom. The Labute approximate surface area is 184 Å². The van der Waals surface area contributed by atoms with Crippen LogP contribution in [-0.4, -0.2) is 46.2 Å². The minimum atomic E-state index is -0.363. The van der Waals surface area contributed by atoms with Crippen molar-refractivity contribution in [3.63, 3.8) is 0 Å². The number of para-hydroxylation sites is 1. The number of rotatable bonds is 3. The van der Waals surface area contributed by atoms with Crippen LogP contribution in [-0.2, 0) is 4.79 Å². The number of piperidine rings is 1. The van der Waals surface area contributed by atoms with Crippen molar-refractivity contribution < 1.29 is 14.0 Å². The van der Waals surface area contributed by atoms with Crippen LogP contribution in [0.15, 0.2) is 48.5 Å². The highest BCUT2D eigenvalue weighted by Gasteiger charge is 2.38. The largest absolute Gasteiger partial charge is 0.338 e. The van der Waals surface area contributed by atoms with Gasteiger partial charge in [0.25, 0.3) is 5.91 Å². The van der Waals surface area contributed by atoms with Gasteiger partial charge in [-0.05, 0) is 62.1 Å². The van der Waals surface area contributed by atoms with E-state index in [1.807, 2.05) is 23.1 Å². The van der Waals surface area contributed by atoms with Gasteiger partial charge < -0.3 is 9.80 Å². The van der Waals surface area contributed by atoms with Gasteiger partial charge in [0.1, 0.15) is 10.8 Å². The van der Waals surface area contributed by atoms with Gasteiger partial charge in [0.2, 0.25) is 5.91 Å². The molecule has 0 saturated carbocycles. The fraction of sp³-hybridized carbons (Fsp3) is 0.375. The Morgan fingerprint density at radius 2 is 1.77 bits per heavy atom. The zero-order valence-electron chi connectivity index (χ0n) is 17.2. The molecule has 2 saturated heterocycles. The van der Waals surface area contributed by atoms with Crippen molar-refractivity contribution in [3.05, 3.63) is 64.9 Å². The molecule has 3 aromatic rings. The summed E-state index contributed by atoms with van der Waals surface area (Å²) >= 11 is 1.67. The molecule has 0 aliphatic carbocycles. The Balaban J connectivity index is 1.31. The predicted molar refractivity (Wildman–Crippen MR) is 118 cm³/mol. The lowest BCUT2D eigenvalue weighted by Crippen LogP contribution is -2.46. The van der Waals surface area contributed by atoms with E-state index in [1.165, 1.54) is 24.3 Å². The second kappa shape index (κ2) is 8.38. The summed E-state index contributed by atoms with van der Waals surface area (Å²) in [4.78, 5) is 34.8. The highest BCUT2D eigenvalue weighted by atomic mass is 32.1. The van der Waals surface area contributed by atoms with E-state index in [-0.39, 0.29) is 29.6 Å². The van der Waals surface area contributed by atoms with Crippen molar-refractivity contribution >= 4 is 33.4 Å². The third-order valence-corrected chi connectivity index (χ3v) is 7.42. The highest BCUT2D eigenvalue weighted by Crippen LogP contribution is 2.38. The van der Waals surface area contributed by atoms with Gasteiger partial charge in [-0.25, -0.2) is 9.37 Å². The molecule has 2 atom stereocenters. The molecule has 0 bridgehead atoms. The van der Waals surface area contributed by atoms with E-state index in [0.29, 0.717) is 18.7 Å². The van der Waals surface area contributed by atoms with Crippen molar-refractivity contribution in [1.82, 2.24) is 14.8 Å². The van der Waals surface area contributed by atoms with E-state index in [2.05, 4.69) is 6.07 Å². The smallest absolute Gasteiger partial charge is 0.253 e. The number of amides is 2. The molecule has 2 amide bonds. The number of halogens is 1. The molecule has 1 aromatic heterocycles. The number of aromatic nitrogens is 1. The summed E-state index contributed by atoms with van der Waals surface area (Å²) in [6.45, 7) is 1.78. The van der Waals surface area contributed by atoms with Crippen molar-refractivity contribution in [2.75, 3.05) is 19.6 Å². The Bertz CT molecular complexity index is 1080. The summed E-state index contributed by atoms with van der Waals surface area (Å²) in [7, 11) is 0. The molecule has 0 spiro atoms. The zero-order valence-corrected chi connectivity index (χ0v) is 18.0. The maximum atomic E-state index is 13.5. The lowest BCUT2D eigenvalue weighted by Gasteiger charge is -2.35. The first-order chi connectivity index (χ1) is 15.1. The monoisotopic (exact) mass is 437 g/mol. The first-order valence-corrected chi connectivity index (χ1v) is 11.6. The molecule has 31 heavy (non-hydrogen) atoms. The molecule has 7 heteroatoms. The maximum absolute atomic E-state index is 13.5. The van der Waals surface area contributed by atoms with Crippen LogP contribution in [0.3, 0.4) is 0 Å². The van der Waals surface area contributed by atoms with E-state index in [1.54, 1.807) is 16.2 Å². The minimum absolute atomic E-state index is 0.0214. The van der Waals surface area contributed by atoms with Crippen molar-refractivity contribution in [1.29, 1.82) is 0 Å². The van der Waals surface area contributed by atoms with Gasteiger partial charge in [-0.3, -0.25) is 9.59 Å². The number of carbonyl (C=O) groups excluding carboxylic acids is 2. The van der Waals surface area contributed by atoms with Crippen LogP contribution in [0.5, 0.6) is 0 Å². The normalized spacial score (nSPS) is 21.6. The van der Waals surface area contributed by atoms with Crippen LogP contribution in [0.2, 0.25) is 0 Å². The Morgan fingerprint density at radius 1 is 1.00 bits per heavy atom. The van der Waals surface area contributed by atoms with Crippen molar-refractivity contribution in [3.8, 4) is 0 Å². The molecular weight excluding hydrogens is 413 g/mol. The number of benzene rings is 2. The topological polar surface area (TPSA) is 53.5 Å². The fourth-order valence-corrected chi connectivity index (χ4v) is 5.81. The van der Waals surface area contributed by atoms with Crippen LogP contribution in [0, 0.1) is 11.7 Å². The second-order valence-corrected chi connectivity index (χ2v) is 9.37. The molecule has 0 N–H and O–H groups in total. The molecular formula is C24H24FN3O2S. The number of hydrogen-bond donors (Lipinski definition) is 0. The van der Waals surface area contributed by atoms with Gasteiger partial charge in [0.05, 0.1) is 22.2 Å². The number of likely N-dealkylation sites (tertiary alicyclic amines) is 2. The number of carbonyl (C=O) groups is 2. The van der Waals surface area contributed by atoms with E-state index >= 15 is 0 Å². The average Bonchev–Trinajstić information content (AvgIpc) is 3.45. The highest BCUT2D eigenvalue weighted by molar-refractivity contribution is 7.18. The van der Waals surface area contributed by atoms with Gasteiger partial charge in [-0.2, -0.15) is 0 Å². The molecule has 3 heterocycles. The first kappa shape index (κ1) is 20.1. The van der Waals surface area contributed by atoms with E-state index < -0.39 is 0 Å². The van der Waals surface area contributed by atoms with Gasteiger partial charge in [0, 0.05) is 25.2 Å². The second-order valence-electron chi connectivity index (χ2n) is 8.31. The van der Waals surface area contributed by atoms with Crippen molar-refractivity contribution in [2.45, 2.75) is 31.7 Å². The predicted octanol–water partition coefficient (Wildman–Crippen LogP) is 4.65. The molecule has 2 aliphatic rings. The van der Waals surface area contributed by atoms with Gasteiger partial charge >= 0.3 is 0 Å². The molecule has 0 radical (unpaired) electrons. The summed E-state index contributed by atoms with van der Waals surface area (Å²) < 4.78 is 14.3. The van der Waals surface area contributed by atoms with E-state index in [0.717, 1.165) is 47.5 Å². The standard InChI is InChI=1S/C24H24FN3O2S/c25-18-11-9-16(10-12-18)23(29)27-13-3-5-17(15-27)24(30)28-14-4-7-20(28)22-26-19-6-1-2-8-21(19)31-22/h1-2,6,8-12,17,20H,3-5,7,13-15H2. The third-order valence-electron chi connectivity index (χ3n) is 6.28. The molecule has 2 aromatic carbocycles. The molecule has 5 rings (SSSR count). The average molecular weight is 438 g/mol. The molecule has 2 aliphatic heterocycles. The number of hydrogen-bond acceptors (Lipinski definition) is 4. The fourth-order valence-electron chi connectivity index (χ4n) is 4.69. The first-order valence-electron chi connectivity index (χ1n) is 10.8. The quantitative estimate of drug-likeness (QED) is 0.599. The summed E-state index contributed by atoms with van der Waals surface area (Å²) in [5.74, 6) is -0.577. The Hall–Kier alpha value is -2.80.